The van der Waals surface area contributed by atoms with Gasteiger partial charge in [0.15, 0.2) is 5.57 Å². The molecule has 3 heterocycles. The highest BCUT2D eigenvalue weighted by Gasteiger charge is 2.36. The molecule has 0 aliphatic rings. The first-order valence-electron chi connectivity index (χ1n) is 14.2. The number of aromatic nitrogens is 4. The van der Waals surface area contributed by atoms with E-state index in [-0.39, 0.29) is 0 Å². The molecule has 0 fully saturated rings. The standard InChI is InChI=1S/C37H23N4OP/c42-43(26-14-2-1-3-15-26,37-38-23-25-13-5-8-18-29(25)40-37)33-22-24-12-4-6-16-27(24)35-34(33)28-17-7-10-20-31(28)41-32-21-11-9-19-30(32)39-36(35)41/h1-23H. The number of benzene rings is 6. The Kier molecular flexibility index (Phi) is 5.11. The lowest BCUT2D eigenvalue weighted by molar-refractivity contribution is 0.591. The summed E-state index contributed by atoms with van der Waals surface area (Å²) >= 11 is 0. The van der Waals surface area contributed by atoms with Gasteiger partial charge in [-0.05, 0) is 41.1 Å². The molecule has 0 aliphatic carbocycles. The molecule has 9 rings (SSSR count). The fourth-order valence-electron chi connectivity index (χ4n) is 6.52. The minimum Gasteiger partial charge on any atom is -0.305 e. The topological polar surface area (TPSA) is 60.2 Å². The average Bonchev–Trinajstić information content (AvgIpc) is 3.47. The van der Waals surface area contributed by atoms with Crippen molar-refractivity contribution in [3.8, 4) is 0 Å². The minimum absolute atomic E-state index is 0.325. The van der Waals surface area contributed by atoms with E-state index in [2.05, 4.69) is 46.9 Å². The van der Waals surface area contributed by atoms with Gasteiger partial charge in [-0.1, -0.05) is 103 Å². The molecule has 0 radical (unpaired) electrons. The number of imidazole rings is 1. The lowest BCUT2D eigenvalue weighted by Gasteiger charge is -2.22. The quantitative estimate of drug-likeness (QED) is 0.163. The van der Waals surface area contributed by atoms with Crippen LogP contribution in [-0.2, 0) is 4.57 Å². The highest BCUT2D eigenvalue weighted by Crippen LogP contribution is 2.47. The summed E-state index contributed by atoms with van der Waals surface area (Å²) in [5, 5.41) is 7.27. The molecule has 43 heavy (non-hydrogen) atoms. The van der Waals surface area contributed by atoms with Crippen molar-refractivity contribution in [2.75, 3.05) is 0 Å². The smallest absolute Gasteiger partial charge is 0.207 e. The summed E-state index contributed by atoms with van der Waals surface area (Å²) in [5.74, 6) is 0. The van der Waals surface area contributed by atoms with Crippen LogP contribution in [0.4, 0.5) is 0 Å². The maximum atomic E-state index is 16.1. The molecule has 0 saturated carbocycles. The van der Waals surface area contributed by atoms with Gasteiger partial charge in [0.1, 0.15) is 5.65 Å². The number of hydrogen-bond donors (Lipinski definition) is 0. The van der Waals surface area contributed by atoms with Crippen molar-refractivity contribution in [1.29, 1.82) is 0 Å². The second kappa shape index (κ2) is 9.06. The molecule has 0 spiro atoms. The Hall–Kier alpha value is -5.38. The molecule has 9 aromatic rings. The van der Waals surface area contributed by atoms with Crippen molar-refractivity contribution in [3.63, 3.8) is 0 Å². The van der Waals surface area contributed by atoms with Gasteiger partial charge in [-0.3, -0.25) is 4.40 Å². The zero-order valence-corrected chi connectivity index (χ0v) is 23.8. The summed E-state index contributed by atoms with van der Waals surface area (Å²) in [6, 6.07) is 44.5. The largest absolute Gasteiger partial charge is 0.305 e. The molecule has 0 N–H and O–H groups in total. The normalized spacial score (nSPS) is 13.4. The summed E-state index contributed by atoms with van der Waals surface area (Å²) in [7, 11) is -3.61. The molecule has 0 bridgehead atoms. The minimum atomic E-state index is -3.61. The molecule has 3 aromatic heterocycles. The third kappa shape index (κ3) is 3.40. The van der Waals surface area contributed by atoms with Gasteiger partial charge >= 0.3 is 0 Å². The Bertz CT molecular complexity index is 2610. The zero-order valence-electron chi connectivity index (χ0n) is 22.9. The van der Waals surface area contributed by atoms with Crippen molar-refractivity contribution in [1.82, 2.24) is 19.4 Å². The summed E-state index contributed by atoms with van der Waals surface area (Å²) in [6.07, 6.45) is 1.79. The van der Waals surface area contributed by atoms with Gasteiger partial charge in [0.2, 0.25) is 7.14 Å². The number of nitrogens with zero attached hydrogens (tertiary/aromatic N) is 4. The molecule has 6 heteroatoms. The molecule has 5 nitrogen and oxygen atoms in total. The third-order valence-corrected chi connectivity index (χ3v) is 11.3. The van der Waals surface area contributed by atoms with E-state index in [1.54, 1.807) is 6.20 Å². The number of fused-ring (bicyclic) bond motifs is 11. The second-order valence-electron chi connectivity index (χ2n) is 10.8. The van der Waals surface area contributed by atoms with E-state index in [4.69, 9.17) is 15.0 Å². The summed E-state index contributed by atoms with van der Waals surface area (Å²) in [6.45, 7) is 0. The number of hydrogen-bond acceptors (Lipinski definition) is 4. The Labute approximate surface area is 246 Å². The van der Waals surface area contributed by atoms with Crippen molar-refractivity contribution >= 4 is 83.3 Å². The monoisotopic (exact) mass is 570 g/mol. The fourth-order valence-corrected chi connectivity index (χ4v) is 9.17. The molecule has 202 valence electrons. The summed E-state index contributed by atoms with van der Waals surface area (Å²) in [4.78, 5) is 15.0. The van der Waals surface area contributed by atoms with E-state index in [1.165, 1.54) is 0 Å². The van der Waals surface area contributed by atoms with Crippen LogP contribution < -0.4 is 16.2 Å². The van der Waals surface area contributed by atoms with E-state index in [1.807, 2.05) is 91.0 Å². The van der Waals surface area contributed by atoms with Crippen LogP contribution in [0.5, 0.6) is 0 Å². The van der Waals surface area contributed by atoms with Gasteiger partial charge < -0.3 is 4.57 Å². The zero-order chi connectivity index (χ0) is 28.5. The molecular weight excluding hydrogens is 547 g/mol. The highest BCUT2D eigenvalue weighted by molar-refractivity contribution is 7.85. The van der Waals surface area contributed by atoms with Crippen LogP contribution >= 0.6 is 7.14 Å². The number of rotatable bonds is 3. The predicted molar refractivity (Wildman–Crippen MR) is 178 cm³/mol. The summed E-state index contributed by atoms with van der Waals surface area (Å²) in [5.41, 5.74) is 4.89. The van der Waals surface area contributed by atoms with Gasteiger partial charge in [0.05, 0.1) is 22.1 Å². The maximum Gasteiger partial charge on any atom is 0.207 e. The van der Waals surface area contributed by atoms with Crippen molar-refractivity contribution < 1.29 is 4.57 Å². The molecule has 1 atom stereocenters. The lowest BCUT2D eigenvalue weighted by atomic mass is 9.99. The molecule has 1 unspecified atom stereocenters. The van der Waals surface area contributed by atoms with Gasteiger partial charge in [0, 0.05) is 38.4 Å². The highest BCUT2D eigenvalue weighted by atomic mass is 31.2. The second-order valence-corrected chi connectivity index (χ2v) is 13.4. The molecule has 0 aliphatic heterocycles. The Balaban J connectivity index is 1.56. The van der Waals surface area contributed by atoms with Crippen molar-refractivity contribution in [3.05, 3.63) is 140 Å². The Morgan fingerprint density at radius 2 is 1.21 bits per heavy atom. The van der Waals surface area contributed by atoms with Crippen LogP contribution in [0.3, 0.4) is 0 Å². The Morgan fingerprint density at radius 1 is 0.558 bits per heavy atom. The van der Waals surface area contributed by atoms with Gasteiger partial charge in [-0.15, -0.1) is 0 Å². The van der Waals surface area contributed by atoms with E-state index in [9.17, 15) is 0 Å². The van der Waals surface area contributed by atoms with E-state index >= 15 is 4.57 Å². The SMILES string of the molecule is O=P(c1ccccc1)(c1ncc2ccccc2n1)c1cc2ccccc2c2c1c1ccccc1n1c3ccccc3nc21. The van der Waals surface area contributed by atoms with Crippen LogP contribution in [-0.4, -0.2) is 19.4 Å². The first-order valence-corrected chi connectivity index (χ1v) is 15.9. The maximum absolute atomic E-state index is 16.1. The summed E-state index contributed by atoms with van der Waals surface area (Å²) < 4.78 is 18.4. The van der Waals surface area contributed by atoms with Crippen LogP contribution in [0.1, 0.15) is 0 Å². The fraction of sp³-hybridized carbons (Fsp3) is 0. The average molecular weight is 571 g/mol. The number of pyridine rings is 1. The molecule has 0 amide bonds. The van der Waals surface area contributed by atoms with Crippen LogP contribution in [0.25, 0.3) is 60.0 Å². The van der Waals surface area contributed by atoms with Crippen LogP contribution in [0, 0.1) is 0 Å². The van der Waals surface area contributed by atoms with Gasteiger partial charge in [-0.25, -0.2) is 15.0 Å². The van der Waals surface area contributed by atoms with Gasteiger partial charge in [-0.2, -0.15) is 0 Å². The third-order valence-electron chi connectivity index (χ3n) is 8.44. The predicted octanol–water partition coefficient (Wildman–Crippen LogP) is 7.53. The van der Waals surface area contributed by atoms with Crippen molar-refractivity contribution in [2.45, 2.75) is 0 Å². The lowest BCUT2D eigenvalue weighted by Crippen LogP contribution is -2.30. The molecule has 6 aromatic carbocycles. The van der Waals surface area contributed by atoms with E-state index < -0.39 is 7.14 Å². The first-order chi connectivity index (χ1) is 21.2. The van der Waals surface area contributed by atoms with Crippen LogP contribution in [0.2, 0.25) is 0 Å². The number of para-hydroxylation sites is 4. The Morgan fingerprint density at radius 3 is 2.05 bits per heavy atom. The molecular formula is C37H23N4OP. The van der Waals surface area contributed by atoms with Gasteiger partial charge in [0.25, 0.3) is 0 Å². The van der Waals surface area contributed by atoms with E-state index in [0.29, 0.717) is 16.2 Å². The van der Waals surface area contributed by atoms with Crippen molar-refractivity contribution in [2.24, 2.45) is 0 Å². The molecule has 0 saturated heterocycles. The van der Waals surface area contributed by atoms with E-state index in [0.717, 1.165) is 60.0 Å². The van der Waals surface area contributed by atoms with Crippen LogP contribution in [0.15, 0.2) is 140 Å². The first kappa shape index (κ1) is 24.2.